The molecule has 4 heteroatoms. The van der Waals surface area contributed by atoms with Gasteiger partial charge in [0.25, 0.3) is 0 Å². The van der Waals surface area contributed by atoms with Crippen LogP contribution in [-0.2, 0) is 4.79 Å². The largest absolute Gasteiger partial charge is 0.318 e. The fourth-order valence-corrected chi connectivity index (χ4v) is 4.14. The number of hydrogen-bond donors (Lipinski definition) is 1. The number of nitrogens with one attached hydrogen (secondary N) is 1. The maximum Gasteiger partial charge on any atom is 0.244 e. The van der Waals surface area contributed by atoms with Crippen LogP contribution in [0.5, 0.6) is 0 Å². The molecule has 1 heterocycles. The molecule has 2 aliphatic carbocycles. The predicted octanol–water partition coefficient (Wildman–Crippen LogP) is 3.17. The Morgan fingerprint density at radius 1 is 1.24 bits per heavy atom. The first-order valence-corrected chi connectivity index (χ1v) is 9.10. The van der Waals surface area contributed by atoms with E-state index in [9.17, 15) is 4.79 Å². The molecule has 1 saturated heterocycles. The molecule has 4 rings (SSSR count). The normalized spacial score (nSPS) is 33.3. The molecule has 1 aromatic carbocycles. The molecule has 1 aromatic rings. The van der Waals surface area contributed by atoms with Crippen LogP contribution in [0.15, 0.2) is 29.2 Å². The van der Waals surface area contributed by atoms with Crippen LogP contribution in [0.25, 0.3) is 0 Å². The van der Waals surface area contributed by atoms with E-state index < -0.39 is 0 Å². The highest BCUT2D eigenvalue weighted by molar-refractivity contribution is 7.98. The standard InChI is InChI=1S/C17H22N2OS/c1-11-9-13(10-11)19-15(18-17(7-8-17)16(19)20)12-3-5-14(21-2)6-4-12/h3-6,11,13,15,18H,7-10H2,1-2H3. The second kappa shape index (κ2) is 4.75. The van der Waals surface area contributed by atoms with Crippen LogP contribution >= 0.6 is 11.8 Å². The van der Waals surface area contributed by atoms with E-state index in [0.717, 1.165) is 31.6 Å². The number of hydrogen-bond acceptors (Lipinski definition) is 3. The van der Waals surface area contributed by atoms with Crippen molar-refractivity contribution in [1.29, 1.82) is 0 Å². The minimum atomic E-state index is -0.221. The summed E-state index contributed by atoms with van der Waals surface area (Å²) in [7, 11) is 0. The average Bonchev–Trinajstić information content (AvgIpc) is 3.19. The molecule has 3 fully saturated rings. The van der Waals surface area contributed by atoms with Crippen molar-refractivity contribution in [3.63, 3.8) is 0 Å². The van der Waals surface area contributed by atoms with Gasteiger partial charge >= 0.3 is 0 Å². The van der Waals surface area contributed by atoms with Gasteiger partial charge in [0.05, 0.1) is 0 Å². The van der Waals surface area contributed by atoms with Gasteiger partial charge in [-0.25, -0.2) is 0 Å². The van der Waals surface area contributed by atoms with Crippen LogP contribution in [-0.4, -0.2) is 28.6 Å². The molecular formula is C17H22N2OS. The van der Waals surface area contributed by atoms with Crippen LogP contribution in [0, 0.1) is 5.92 Å². The summed E-state index contributed by atoms with van der Waals surface area (Å²) in [5.74, 6) is 1.11. The summed E-state index contributed by atoms with van der Waals surface area (Å²) in [5.41, 5.74) is 1.01. The SMILES string of the molecule is CSc1ccc(C2NC3(CC3)C(=O)N2C2CC(C)C2)cc1. The average molecular weight is 302 g/mol. The molecule has 1 spiro atoms. The van der Waals surface area contributed by atoms with Crippen molar-refractivity contribution < 1.29 is 4.79 Å². The van der Waals surface area contributed by atoms with Crippen molar-refractivity contribution in [2.45, 2.75) is 55.2 Å². The van der Waals surface area contributed by atoms with E-state index in [4.69, 9.17) is 0 Å². The Hall–Kier alpha value is -1.00. The molecule has 1 atom stereocenters. The molecule has 1 amide bonds. The molecule has 3 nitrogen and oxygen atoms in total. The van der Waals surface area contributed by atoms with Crippen LogP contribution in [0.3, 0.4) is 0 Å². The maximum atomic E-state index is 12.8. The Morgan fingerprint density at radius 3 is 2.43 bits per heavy atom. The zero-order valence-electron chi connectivity index (χ0n) is 12.6. The zero-order valence-corrected chi connectivity index (χ0v) is 13.5. The number of amides is 1. The van der Waals surface area contributed by atoms with E-state index in [2.05, 4.69) is 47.7 Å². The molecule has 0 aromatic heterocycles. The monoisotopic (exact) mass is 302 g/mol. The highest BCUT2D eigenvalue weighted by atomic mass is 32.2. The maximum absolute atomic E-state index is 12.8. The number of nitrogens with zero attached hydrogens (tertiary/aromatic N) is 1. The number of carbonyl (C=O) groups excluding carboxylic acids is 1. The summed E-state index contributed by atoms with van der Waals surface area (Å²) >= 11 is 1.75. The first-order chi connectivity index (χ1) is 10.1. The van der Waals surface area contributed by atoms with E-state index in [-0.39, 0.29) is 11.7 Å². The second-order valence-corrected chi connectivity index (χ2v) is 7.72. The van der Waals surface area contributed by atoms with Gasteiger partial charge in [-0.3, -0.25) is 10.1 Å². The summed E-state index contributed by atoms with van der Waals surface area (Å²) in [5, 5.41) is 3.63. The predicted molar refractivity (Wildman–Crippen MR) is 85.1 cm³/mol. The Balaban J connectivity index is 1.63. The van der Waals surface area contributed by atoms with Gasteiger partial charge in [0.15, 0.2) is 0 Å². The van der Waals surface area contributed by atoms with Crippen molar-refractivity contribution in [2.24, 2.45) is 5.92 Å². The van der Waals surface area contributed by atoms with Crippen LogP contribution < -0.4 is 5.32 Å². The summed E-state index contributed by atoms with van der Waals surface area (Å²) in [6.07, 6.45) is 6.49. The van der Waals surface area contributed by atoms with Crippen molar-refractivity contribution in [2.75, 3.05) is 6.26 Å². The van der Waals surface area contributed by atoms with Gasteiger partial charge in [0, 0.05) is 10.9 Å². The van der Waals surface area contributed by atoms with E-state index in [1.165, 1.54) is 10.5 Å². The minimum Gasteiger partial charge on any atom is -0.318 e. The summed E-state index contributed by atoms with van der Waals surface area (Å²) in [4.78, 5) is 16.2. The minimum absolute atomic E-state index is 0.0772. The Bertz CT molecular complexity index is 561. The second-order valence-electron chi connectivity index (χ2n) is 6.84. The zero-order chi connectivity index (χ0) is 14.6. The Labute approximate surface area is 130 Å². The lowest BCUT2D eigenvalue weighted by Crippen LogP contribution is -2.47. The molecule has 0 radical (unpaired) electrons. The molecule has 112 valence electrons. The Morgan fingerprint density at radius 2 is 1.90 bits per heavy atom. The number of thioether (sulfide) groups is 1. The lowest BCUT2D eigenvalue weighted by atomic mass is 9.80. The van der Waals surface area contributed by atoms with E-state index in [0.29, 0.717) is 11.9 Å². The lowest BCUT2D eigenvalue weighted by molar-refractivity contribution is -0.135. The van der Waals surface area contributed by atoms with Gasteiger partial charge in [-0.2, -0.15) is 0 Å². The van der Waals surface area contributed by atoms with Crippen LogP contribution in [0.1, 0.15) is 44.3 Å². The van der Waals surface area contributed by atoms with Crippen molar-refractivity contribution in [1.82, 2.24) is 10.2 Å². The van der Waals surface area contributed by atoms with E-state index in [1.807, 2.05) is 0 Å². The topological polar surface area (TPSA) is 32.3 Å². The lowest BCUT2D eigenvalue weighted by Gasteiger charge is -2.42. The van der Waals surface area contributed by atoms with Crippen LogP contribution in [0.4, 0.5) is 0 Å². The fraction of sp³-hybridized carbons (Fsp3) is 0.588. The smallest absolute Gasteiger partial charge is 0.244 e. The highest BCUT2D eigenvalue weighted by Gasteiger charge is 2.61. The first kappa shape index (κ1) is 13.6. The quantitative estimate of drug-likeness (QED) is 0.871. The third kappa shape index (κ3) is 2.11. The number of carbonyl (C=O) groups is 1. The van der Waals surface area contributed by atoms with Gasteiger partial charge in [-0.1, -0.05) is 19.1 Å². The summed E-state index contributed by atoms with van der Waals surface area (Å²) in [6, 6.07) is 9.10. The van der Waals surface area contributed by atoms with Gasteiger partial charge in [-0.15, -0.1) is 11.8 Å². The Kier molecular flexibility index (Phi) is 3.09. The molecule has 3 aliphatic rings. The first-order valence-electron chi connectivity index (χ1n) is 7.87. The van der Waals surface area contributed by atoms with Crippen LogP contribution in [0.2, 0.25) is 0 Å². The number of benzene rings is 1. The van der Waals surface area contributed by atoms with Crippen molar-refractivity contribution in [3.05, 3.63) is 29.8 Å². The molecule has 21 heavy (non-hydrogen) atoms. The van der Waals surface area contributed by atoms with E-state index in [1.54, 1.807) is 11.8 Å². The third-order valence-electron chi connectivity index (χ3n) is 5.26. The van der Waals surface area contributed by atoms with Gasteiger partial charge in [0.1, 0.15) is 11.7 Å². The van der Waals surface area contributed by atoms with Crippen molar-refractivity contribution in [3.8, 4) is 0 Å². The summed E-state index contributed by atoms with van der Waals surface area (Å²) < 4.78 is 0. The molecule has 1 unspecified atom stereocenters. The van der Waals surface area contributed by atoms with Gasteiger partial charge in [-0.05, 0) is 55.6 Å². The number of rotatable bonds is 3. The molecule has 1 aliphatic heterocycles. The third-order valence-corrected chi connectivity index (χ3v) is 6.00. The molecule has 0 bridgehead atoms. The van der Waals surface area contributed by atoms with Gasteiger partial charge < -0.3 is 4.90 Å². The highest BCUT2D eigenvalue weighted by Crippen LogP contribution is 2.49. The molecule has 1 N–H and O–H groups in total. The fourth-order valence-electron chi connectivity index (χ4n) is 3.73. The molecular weight excluding hydrogens is 280 g/mol. The van der Waals surface area contributed by atoms with Gasteiger partial charge in [0.2, 0.25) is 5.91 Å². The molecule has 2 saturated carbocycles. The van der Waals surface area contributed by atoms with E-state index >= 15 is 0 Å². The summed E-state index contributed by atoms with van der Waals surface area (Å²) in [6.45, 7) is 2.28. The van der Waals surface area contributed by atoms with Crippen molar-refractivity contribution >= 4 is 17.7 Å².